The van der Waals surface area contributed by atoms with Gasteiger partial charge in [-0.3, -0.25) is 0 Å². The van der Waals surface area contributed by atoms with Gasteiger partial charge >= 0.3 is 0 Å². The molecular weight excluding hydrogens is 321 g/mol. The number of rotatable bonds is 3. The van der Waals surface area contributed by atoms with Crippen molar-refractivity contribution in [3.05, 3.63) is 64.8 Å². The van der Waals surface area contributed by atoms with Gasteiger partial charge in [0.15, 0.2) is 0 Å². The summed E-state index contributed by atoms with van der Waals surface area (Å²) in [5, 5.41) is 9.55. The van der Waals surface area contributed by atoms with E-state index in [9.17, 15) is 9.65 Å². The second-order valence-electron chi connectivity index (χ2n) is 5.93. The fourth-order valence-electron chi connectivity index (χ4n) is 2.91. The molecule has 1 unspecified atom stereocenters. The smallest absolute Gasteiger partial charge is 0.205 e. The minimum atomic E-state index is -0.653. The van der Waals surface area contributed by atoms with Crippen molar-refractivity contribution in [2.75, 3.05) is 26.1 Å². The molecule has 0 amide bonds. The quantitative estimate of drug-likeness (QED) is 0.930. The van der Waals surface area contributed by atoms with Crippen LogP contribution in [0, 0.1) is 17.1 Å². The Labute approximate surface area is 145 Å². The molecule has 1 aliphatic rings. The Hall–Kier alpha value is -3.20. The second kappa shape index (κ2) is 6.36. The number of nitrogens with two attached hydrogens (primary N) is 1. The summed E-state index contributed by atoms with van der Waals surface area (Å²) >= 11 is 0. The SMILES string of the molecule is COc1ccc(F)c(C2C(C#N)=C(N)Oc3cc(N(C)C)ccc32)c1. The number of halogens is 1. The van der Waals surface area contributed by atoms with Gasteiger partial charge in [-0.2, -0.15) is 5.26 Å². The molecule has 6 heteroatoms. The third-order valence-electron chi connectivity index (χ3n) is 4.23. The molecule has 0 saturated carbocycles. The van der Waals surface area contributed by atoms with E-state index in [1.54, 1.807) is 6.07 Å². The van der Waals surface area contributed by atoms with Crippen LogP contribution in [0.2, 0.25) is 0 Å². The predicted octanol–water partition coefficient (Wildman–Crippen LogP) is 3.12. The van der Waals surface area contributed by atoms with Gasteiger partial charge in [0, 0.05) is 37.0 Å². The highest BCUT2D eigenvalue weighted by molar-refractivity contribution is 5.61. The maximum Gasteiger partial charge on any atom is 0.205 e. The van der Waals surface area contributed by atoms with Crippen LogP contribution < -0.4 is 20.1 Å². The van der Waals surface area contributed by atoms with Crippen molar-refractivity contribution in [1.29, 1.82) is 5.26 Å². The monoisotopic (exact) mass is 339 g/mol. The standard InChI is InChI=1S/C19H18FN3O2/c1-23(2)11-4-6-13-17(8-11)25-19(22)15(10-21)18(13)14-9-12(24-3)5-7-16(14)20/h4-9,18H,22H2,1-3H3. The Kier molecular flexibility index (Phi) is 4.24. The third kappa shape index (κ3) is 2.85. The van der Waals surface area contributed by atoms with E-state index in [0.29, 0.717) is 22.6 Å². The van der Waals surface area contributed by atoms with Crippen LogP contribution in [0.5, 0.6) is 11.5 Å². The van der Waals surface area contributed by atoms with Gasteiger partial charge in [0.1, 0.15) is 29.0 Å². The summed E-state index contributed by atoms with van der Waals surface area (Å²) in [6.45, 7) is 0. The van der Waals surface area contributed by atoms with Gasteiger partial charge in [0.25, 0.3) is 0 Å². The zero-order valence-electron chi connectivity index (χ0n) is 14.2. The number of hydrogen-bond donors (Lipinski definition) is 1. The molecule has 2 aromatic rings. The fraction of sp³-hybridized carbons (Fsp3) is 0.211. The number of methoxy groups -OCH3 is 1. The zero-order valence-corrected chi connectivity index (χ0v) is 14.2. The van der Waals surface area contributed by atoms with Gasteiger partial charge in [0.2, 0.25) is 5.88 Å². The number of fused-ring (bicyclic) bond motifs is 1. The van der Waals surface area contributed by atoms with Crippen LogP contribution in [-0.4, -0.2) is 21.2 Å². The minimum Gasteiger partial charge on any atom is -0.497 e. The summed E-state index contributed by atoms with van der Waals surface area (Å²) in [4.78, 5) is 1.92. The maximum atomic E-state index is 14.6. The minimum absolute atomic E-state index is 0.0156. The van der Waals surface area contributed by atoms with E-state index in [4.69, 9.17) is 15.2 Å². The zero-order chi connectivity index (χ0) is 18.1. The fourth-order valence-corrected chi connectivity index (χ4v) is 2.91. The van der Waals surface area contributed by atoms with Crippen molar-refractivity contribution in [3.8, 4) is 17.6 Å². The summed E-state index contributed by atoms with van der Waals surface area (Å²) in [5.74, 6) is -0.0887. The Morgan fingerprint density at radius 3 is 2.60 bits per heavy atom. The van der Waals surface area contributed by atoms with E-state index >= 15 is 0 Å². The molecule has 0 spiro atoms. The first-order valence-electron chi connectivity index (χ1n) is 7.68. The number of nitrogens with zero attached hydrogens (tertiary/aromatic N) is 2. The third-order valence-corrected chi connectivity index (χ3v) is 4.23. The Balaban J connectivity index is 2.23. The molecule has 3 rings (SSSR count). The molecule has 0 saturated heterocycles. The lowest BCUT2D eigenvalue weighted by Crippen LogP contribution is -2.22. The highest BCUT2D eigenvalue weighted by Crippen LogP contribution is 2.44. The summed E-state index contributed by atoms with van der Waals surface area (Å²) in [6.07, 6.45) is 0. The number of anilines is 1. The molecule has 25 heavy (non-hydrogen) atoms. The van der Waals surface area contributed by atoms with E-state index in [1.165, 1.54) is 19.2 Å². The van der Waals surface area contributed by atoms with Gasteiger partial charge < -0.3 is 20.1 Å². The first-order chi connectivity index (χ1) is 12.0. The topological polar surface area (TPSA) is 71.5 Å². The van der Waals surface area contributed by atoms with E-state index in [0.717, 1.165) is 5.69 Å². The lowest BCUT2D eigenvalue weighted by Gasteiger charge is -2.28. The molecule has 2 aromatic carbocycles. The summed E-state index contributed by atoms with van der Waals surface area (Å²) in [6, 6.07) is 12.0. The van der Waals surface area contributed by atoms with Crippen molar-refractivity contribution < 1.29 is 13.9 Å². The van der Waals surface area contributed by atoms with Gasteiger partial charge in [-0.05, 0) is 24.3 Å². The number of nitriles is 1. The van der Waals surface area contributed by atoms with E-state index in [1.807, 2.05) is 37.2 Å². The Bertz CT molecular complexity index is 900. The van der Waals surface area contributed by atoms with Gasteiger partial charge in [0.05, 0.1) is 13.0 Å². The van der Waals surface area contributed by atoms with Crippen molar-refractivity contribution >= 4 is 5.69 Å². The van der Waals surface area contributed by atoms with Crippen LogP contribution in [0.4, 0.5) is 10.1 Å². The summed E-state index contributed by atoms with van der Waals surface area (Å²) in [7, 11) is 5.32. The molecule has 5 nitrogen and oxygen atoms in total. The summed E-state index contributed by atoms with van der Waals surface area (Å²) in [5.41, 5.74) is 8.04. The van der Waals surface area contributed by atoms with Crippen molar-refractivity contribution in [3.63, 3.8) is 0 Å². The molecule has 2 N–H and O–H groups in total. The van der Waals surface area contributed by atoms with Crippen molar-refractivity contribution in [2.24, 2.45) is 5.73 Å². The normalized spacial score (nSPS) is 15.9. The number of hydrogen-bond acceptors (Lipinski definition) is 5. The van der Waals surface area contributed by atoms with Gasteiger partial charge in [-0.15, -0.1) is 0 Å². The molecule has 1 heterocycles. The highest BCUT2D eigenvalue weighted by atomic mass is 19.1. The highest BCUT2D eigenvalue weighted by Gasteiger charge is 2.32. The molecule has 0 radical (unpaired) electrons. The lowest BCUT2D eigenvalue weighted by molar-refractivity contribution is 0.391. The first-order valence-corrected chi connectivity index (χ1v) is 7.68. The number of ether oxygens (including phenoxy) is 2. The number of benzene rings is 2. The molecule has 0 fully saturated rings. The molecule has 0 bridgehead atoms. The Morgan fingerprint density at radius 2 is 1.96 bits per heavy atom. The van der Waals surface area contributed by atoms with Gasteiger partial charge in [-0.25, -0.2) is 4.39 Å². The largest absolute Gasteiger partial charge is 0.497 e. The van der Waals surface area contributed by atoms with Crippen LogP contribution in [0.25, 0.3) is 0 Å². The van der Waals surface area contributed by atoms with Gasteiger partial charge in [-0.1, -0.05) is 6.07 Å². The van der Waals surface area contributed by atoms with Crippen LogP contribution in [0.1, 0.15) is 17.0 Å². The average Bonchev–Trinajstić information content (AvgIpc) is 2.60. The number of allylic oxidation sites excluding steroid dienone is 1. The first kappa shape index (κ1) is 16.7. The lowest BCUT2D eigenvalue weighted by atomic mass is 9.83. The molecule has 0 aromatic heterocycles. The Morgan fingerprint density at radius 1 is 1.20 bits per heavy atom. The van der Waals surface area contributed by atoms with Crippen molar-refractivity contribution in [1.82, 2.24) is 0 Å². The molecule has 1 atom stereocenters. The van der Waals surface area contributed by atoms with Crippen LogP contribution in [0.3, 0.4) is 0 Å². The molecule has 0 aliphatic carbocycles. The maximum absolute atomic E-state index is 14.6. The molecule has 1 aliphatic heterocycles. The van der Waals surface area contributed by atoms with E-state index in [-0.39, 0.29) is 11.5 Å². The predicted molar refractivity (Wildman–Crippen MR) is 93.0 cm³/mol. The summed E-state index contributed by atoms with van der Waals surface area (Å²) < 4.78 is 25.4. The van der Waals surface area contributed by atoms with Crippen LogP contribution >= 0.6 is 0 Å². The van der Waals surface area contributed by atoms with Crippen LogP contribution in [0.15, 0.2) is 47.9 Å². The molecular formula is C19H18FN3O2. The second-order valence-corrected chi connectivity index (χ2v) is 5.93. The van der Waals surface area contributed by atoms with Crippen molar-refractivity contribution in [2.45, 2.75) is 5.92 Å². The van der Waals surface area contributed by atoms with E-state index < -0.39 is 11.7 Å². The molecule has 128 valence electrons. The average molecular weight is 339 g/mol. The van der Waals surface area contributed by atoms with Crippen LogP contribution in [-0.2, 0) is 0 Å². The van der Waals surface area contributed by atoms with E-state index in [2.05, 4.69) is 6.07 Å².